The number of aryl methyl sites for hydroxylation is 1. The molecule has 1 unspecified atom stereocenters. The van der Waals surface area contributed by atoms with Gasteiger partial charge in [0.1, 0.15) is 11.9 Å². The Morgan fingerprint density at radius 1 is 0.828 bits per heavy atom. The van der Waals surface area contributed by atoms with Crippen molar-refractivity contribution in [1.29, 1.82) is 0 Å². The fourth-order valence-electron chi connectivity index (χ4n) is 3.08. The first kappa shape index (κ1) is 19.0. The molecule has 146 valence electrons. The molecule has 0 aliphatic heterocycles. The minimum atomic E-state index is -3.79. The number of rotatable bonds is 6. The van der Waals surface area contributed by atoms with Gasteiger partial charge in [0.05, 0.1) is 4.90 Å². The van der Waals surface area contributed by atoms with Gasteiger partial charge in [-0.05, 0) is 35.7 Å². The third-order valence-electron chi connectivity index (χ3n) is 4.55. The number of aromatic amines is 1. The largest absolute Gasteiger partial charge is 0.263 e. The van der Waals surface area contributed by atoms with Crippen LogP contribution in [0.5, 0.6) is 0 Å². The monoisotopic (exact) mass is 404 g/mol. The zero-order valence-electron chi connectivity index (χ0n) is 15.8. The molecule has 1 aromatic heterocycles. The van der Waals surface area contributed by atoms with Crippen molar-refractivity contribution in [3.05, 3.63) is 102 Å². The molecule has 1 heterocycles. The molecule has 0 saturated heterocycles. The molecule has 29 heavy (non-hydrogen) atoms. The molecule has 1 atom stereocenters. The van der Waals surface area contributed by atoms with Gasteiger partial charge < -0.3 is 0 Å². The Hall–Kier alpha value is -3.29. The number of aromatic nitrogens is 3. The number of sulfonamides is 1. The van der Waals surface area contributed by atoms with E-state index in [0.29, 0.717) is 11.6 Å². The molecule has 0 saturated carbocycles. The lowest BCUT2D eigenvalue weighted by molar-refractivity contribution is 0.567. The van der Waals surface area contributed by atoms with E-state index in [1.807, 2.05) is 60.7 Å². The van der Waals surface area contributed by atoms with Crippen LogP contribution in [0.25, 0.3) is 11.1 Å². The molecule has 7 heteroatoms. The van der Waals surface area contributed by atoms with E-state index in [1.165, 1.54) is 0 Å². The molecular weight excluding hydrogens is 384 g/mol. The zero-order valence-corrected chi connectivity index (χ0v) is 16.6. The van der Waals surface area contributed by atoms with Gasteiger partial charge in [0.2, 0.25) is 10.0 Å². The Morgan fingerprint density at radius 3 is 2.00 bits per heavy atom. The molecule has 4 aromatic rings. The topological polar surface area (TPSA) is 87.7 Å². The van der Waals surface area contributed by atoms with E-state index in [2.05, 4.69) is 19.9 Å². The molecule has 0 fully saturated rings. The van der Waals surface area contributed by atoms with E-state index in [-0.39, 0.29) is 4.90 Å². The molecule has 6 nitrogen and oxygen atoms in total. The van der Waals surface area contributed by atoms with Crippen molar-refractivity contribution in [1.82, 2.24) is 19.9 Å². The number of hydrogen-bond acceptors (Lipinski definition) is 4. The Bertz CT molecular complexity index is 1190. The first-order valence-corrected chi connectivity index (χ1v) is 10.6. The second-order valence-electron chi connectivity index (χ2n) is 6.63. The summed E-state index contributed by atoms with van der Waals surface area (Å²) in [5, 5.41) is 6.94. The number of H-pyrrole nitrogens is 1. The Labute approximate surface area is 169 Å². The highest BCUT2D eigenvalue weighted by atomic mass is 32.2. The number of nitrogens with one attached hydrogen (secondary N) is 2. The first-order valence-electron chi connectivity index (χ1n) is 9.14. The van der Waals surface area contributed by atoms with Crippen LogP contribution in [-0.2, 0) is 10.0 Å². The summed E-state index contributed by atoms with van der Waals surface area (Å²) in [7, 11) is -3.79. The number of benzene rings is 3. The molecule has 0 amide bonds. The third-order valence-corrected chi connectivity index (χ3v) is 5.99. The molecule has 4 rings (SSSR count). The Morgan fingerprint density at radius 2 is 1.41 bits per heavy atom. The van der Waals surface area contributed by atoms with Crippen molar-refractivity contribution >= 4 is 10.0 Å². The average molecular weight is 404 g/mol. The zero-order chi connectivity index (χ0) is 20.3. The summed E-state index contributed by atoms with van der Waals surface area (Å²) in [5.74, 6) is 0.991. The van der Waals surface area contributed by atoms with Crippen LogP contribution in [0.15, 0.2) is 89.8 Å². The highest BCUT2D eigenvalue weighted by Crippen LogP contribution is 2.24. The third kappa shape index (κ3) is 4.26. The summed E-state index contributed by atoms with van der Waals surface area (Å²) in [5.41, 5.74) is 2.74. The predicted molar refractivity (Wildman–Crippen MR) is 112 cm³/mol. The number of nitrogens with zero attached hydrogens (tertiary/aromatic N) is 2. The smallest absolute Gasteiger partial charge is 0.241 e. The lowest BCUT2D eigenvalue weighted by Gasteiger charge is -2.17. The van der Waals surface area contributed by atoms with E-state index in [0.717, 1.165) is 16.7 Å². The maximum atomic E-state index is 13.1. The van der Waals surface area contributed by atoms with E-state index in [9.17, 15) is 8.42 Å². The van der Waals surface area contributed by atoms with Gasteiger partial charge in [-0.2, -0.15) is 9.82 Å². The van der Waals surface area contributed by atoms with Crippen LogP contribution in [0.1, 0.15) is 23.3 Å². The van der Waals surface area contributed by atoms with Gasteiger partial charge in [0, 0.05) is 0 Å². The van der Waals surface area contributed by atoms with Crippen LogP contribution in [0, 0.1) is 6.92 Å². The van der Waals surface area contributed by atoms with Gasteiger partial charge in [-0.3, -0.25) is 5.10 Å². The molecular formula is C22H20N4O2S. The van der Waals surface area contributed by atoms with Crippen molar-refractivity contribution in [3.63, 3.8) is 0 Å². The fourth-order valence-corrected chi connectivity index (χ4v) is 4.27. The van der Waals surface area contributed by atoms with Crippen LogP contribution in [0.2, 0.25) is 0 Å². The minimum absolute atomic E-state index is 0.186. The summed E-state index contributed by atoms with van der Waals surface area (Å²) < 4.78 is 28.9. The second-order valence-corrected chi connectivity index (χ2v) is 8.35. The molecule has 0 radical (unpaired) electrons. The molecule has 0 bridgehead atoms. The van der Waals surface area contributed by atoms with Gasteiger partial charge in [-0.15, -0.1) is 0 Å². The number of hydrogen-bond donors (Lipinski definition) is 2. The standard InChI is InChI=1S/C22H20N4O2S/c1-16-23-22(25-24-16)21(19-10-6-3-7-11-19)26-29(27,28)20-14-12-18(13-15-20)17-8-4-2-5-9-17/h2-15,21,26H,1H3,(H,23,24,25). The van der Waals surface area contributed by atoms with Crippen LogP contribution >= 0.6 is 0 Å². The molecule has 0 aliphatic rings. The summed E-state index contributed by atoms with van der Waals surface area (Å²) >= 11 is 0. The maximum Gasteiger partial charge on any atom is 0.241 e. The van der Waals surface area contributed by atoms with Gasteiger partial charge in [0.15, 0.2) is 5.82 Å². The van der Waals surface area contributed by atoms with Gasteiger partial charge in [-0.25, -0.2) is 13.4 Å². The average Bonchev–Trinajstić information content (AvgIpc) is 3.19. The van der Waals surface area contributed by atoms with E-state index in [4.69, 9.17) is 0 Å². The first-order chi connectivity index (χ1) is 14.0. The Balaban J connectivity index is 1.65. The van der Waals surface area contributed by atoms with Gasteiger partial charge in [-0.1, -0.05) is 72.8 Å². The second kappa shape index (κ2) is 7.98. The highest BCUT2D eigenvalue weighted by molar-refractivity contribution is 7.89. The van der Waals surface area contributed by atoms with Crippen LogP contribution in [-0.4, -0.2) is 23.6 Å². The van der Waals surface area contributed by atoms with Crippen LogP contribution < -0.4 is 4.72 Å². The van der Waals surface area contributed by atoms with Crippen molar-refractivity contribution in [3.8, 4) is 11.1 Å². The van der Waals surface area contributed by atoms with E-state index in [1.54, 1.807) is 31.2 Å². The molecule has 2 N–H and O–H groups in total. The summed E-state index contributed by atoms with van der Waals surface area (Å²) in [6.07, 6.45) is 0. The van der Waals surface area contributed by atoms with Crippen LogP contribution in [0.4, 0.5) is 0 Å². The van der Waals surface area contributed by atoms with E-state index >= 15 is 0 Å². The molecule has 0 spiro atoms. The molecule has 0 aliphatic carbocycles. The van der Waals surface area contributed by atoms with Crippen molar-refractivity contribution < 1.29 is 8.42 Å². The summed E-state index contributed by atoms with van der Waals surface area (Å²) in [6, 6.07) is 25.2. The lowest BCUT2D eigenvalue weighted by atomic mass is 10.1. The summed E-state index contributed by atoms with van der Waals surface area (Å²) in [6.45, 7) is 1.77. The molecule has 3 aromatic carbocycles. The van der Waals surface area contributed by atoms with E-state index < -0.39 is 16.1 Å². The highest BCUT2D eigenvalue weighted by Gasteiger charge is 2.25. The normalized spacial score (nSPS) is 12.6. The quantitative estimate of drug-likeness (QED) is 0.511. The summed E-state index contributed by atoms with van der Waals surface area (Å²) in [4.78, 5) is 4.51. The maximum absolute atomic E-state index is 13.1. The van der Waals surface area contributed by atoms with Crippen molar-refractivity contribution in [2.45, 2.75) is 17.9 Å². The minimum Gasteiger partial charge on any atom is -0.263 e. The fraction of sp³-hybridized carbons (Fsp3) is 0.0909. The van der Waals surface area contributed by atoms with Gasteiger partial charge in [0.25, 0.3) is 0 Å². The predicted octanol–water partition coefficient (Wildman–Crippen LogP) is 3.85. The van der Waals surface area contributed by atoms with Gasteiger partial charge >= 0.3 is 0 Å². The Kier molecular flexibility index (Phi) is 5.24. The van der Waals surface area contributed by atoms with Crippen molar-refractivity contribution in [2.24, 2.45) is 0 Å². The lowest BCUT2D eigenvalue weighted by Crippen LogP contribution is -2.30. The van der Waals surface area contributed by atoms with Crippen LogP contribution in [0.3, 0.4) is 0 Å². The SMILES string of the molecule is Cc1nc(C(NS(=O)(=O)c2ccc(-c3ccccc3)cc2)c2ccccc2)n[nH]1. The van der Waals surface area contributed by atoms with Crippen molar-refractivity contribution in [2.75, 3.05) is 0 Å².